The summed E-state index contributed by atoms with van der Waals surface area (Å²) in [5.41, 5.74) is 0.766. The lowest BCUT2D eigenvalue weighted by molar-refractivity contribution is 0.208. The van der Waals surface area contributed by atoms with Crippen LogP contribution in [0.25, 0.3) is 0 Å². The fourth-order valence-electron chi connectivity index (χ4n) is 2.97. The second-order valence-electron chi connectivity index (χ2n) is 7.04. The first-order chi connectivity index (χ1) is 7.61. The molecule has 2 heterocycles. The van der Waals surface area contributed by atoms with Gasteiger partial charge in [0.2, 0.25) is 0 Å². The number of fused-ring (bicyclic) bond motifs is 1. The fraction of sp³-hybridized carbons (Fsp3) is 0.846. The molecule has 2 rings (SSSR count). The summed E-state index contributed by atoms with van der Waals surface area (Å²) in [4.78, 5) is 0. The quantitative estimate of drug-likeness (QED) is 0.654. The second-order valence-corrected chi connectivity index (χ2v) is 8.50. The van der Waals surface area contributed by atoms with Crippen LogP contribution >= 0.6 is 0 Å². The van der Waals surface area contributed by atoms with Crippen molar-refractivity contribution in [3.63, 3.8) is 0 Å². The van der Waals surface area contributed by atoms with Crippen molar-refractivity contribution in [1.29, 1.82) is 0 Å². The van der Waals surface area contributed by atoms with Gasteiger partial charge in [0.15, 0.2) is 0 Å². The van der Waals surface area contributed by atoms with Crippen LogP contribution in [0.5, 0.6) is 0 Å². The molecule has 0 bridgehead atoms. The Labute approximate surface area is 106 Å². The summed E-state index contributed by atoms with van der Waals surface area (Å²) < 4.78 is 12.3. The van der Waals surface area contributed by atoms with Gasteiger partial charge in [-0.25, -0.2) is 0 Å². The van der Waals surface area contributed by atoms with E-state index in [1.54, 1.807) is 0 Å². The van der Waals surface area contributed by atoms with Gasteiger partial charge in [-0.1, -0.05) is 41.5 Å². The van der Waals surface area contributed by atoms with Crippen LogP contribution in [-0.4, -0.2) is 21.5 Å². The molecule has 2 aliphatic rings. The molecule has 3 unspecified atom stereocenters. The Kier molecular flexibility index (Phi) is 2.66. The predicted octanol–water partition coefficient (Wildman–Crippen LogP) is 3.30. The lowest BCUT2D eigenvalue weighted by atomic mass is 9.62. The summed E-state index contributed by atoms with van der Waals surface area (Å²) in [6.07, 6.45) is 0. The third kappa shape index (κ3) is 1.64. The molecule has 96 valence electrons. The highest BCUT2D eigenvalue weighted by Crippen LogP contribution is 2.55. The summed E-state index contributed by atoms with van der Waals surface area (Å²) in [6.45, 7) is 13.6. The van der Waals surface area contributed by atoms with Crippen LogP contribution in [0, 0.1) is 10.8 Å². The summed E-state index contributed by atoms with van der Waals surface area (Å²) in [5.74, 6) is 0. The van der Waals surface area contributed by atoms with Crippen molar-refractivity contribution < 1.29 is 4.21 Å². The van der Waals surface area contributed by atoms with Crippen molar-refractivity contribution in [3.8, 4) is 0 Å². The normalized spacial score (nSPS) is 37.2. The van der Waals surface area contributed by atoms with E-state index >= 15 is 0 Å². The van der Waals surface area contributed by atoms with Crippen molar-refractivity contribution in [2.45, 2.75) is 52.3 Å². The number of hydrogen-bond acceptors (Lipinski definition) is 3. The van der Waals surface area contributed by atoms with E-state index in [4.69, 9.17) is 0 Å². The SMILES string of the molecule is CC(C)(C)C1=CS(=O)C2CN=NC12C(C)(C)C. The van der Waals surface area contributed by atoms with Crippen molar-refractivity contribution in [2.24, 2.45) is 21.1 Å². The van der Waals surface area contributed by atoms with Gasteiger partial charge >= 0.3 is 0 Å². The molecular weight excluding hydrogens is 232 g/mol. The van der Waals surface area contributed by atoms with Crippen LogP contribution in [0.15, 0.2) is 21.2 Å². The van der Waals surface area contributed by atoms with E-state index in [1.165, 1.54) is 5.57 Å². The molecule has 0 N–H and O–H groups in total. The molecule has 0 radical (unpaired) electrons. The molecule has 2 aliphatic heterocycles. The zero-order valence-corrected chi connectivity index (χ0v) is 12.4. The van der Waals surface area contributed by atoms with Crippen molar-refractivity contribution >= 4 is 10.8 Å². The zero-order chi connectivity index (χ0) is 13.1. The van der Waals surface area contributed by atoms with E-state index in [0.29, 0.717) is 6.54 Å². The molecule has 0 aromatic heterocycles. The lowest BCUT2D eigenvalue weighted by Gasteiger charge is -2.44. The molecule has 0 aromatic rings. The molecule has 0 aromatic carbocycles. The average Bonchev–Trinajstić information content (AvgIpc) is 2.63. The van der Waals surface area contributed by atoms with Crippen LogP contribution in [0.2, 0.25) is 0 Å². The van der Waals surface area contributed by atoms with Gasteiger partial charge in [0.05, 0.1) is 22.6 Å². The highest BCUT2D eigenvalue weighted by molar-refractivity contribution is 7.89. The third-order valence-electron chi connectivity index (χ3n) is 3.82. The molecular formula is C13H22N2OS. The van der Waals surface area contributed by atoms with E-state index in [9.17, 15) is 4.21 Å². The van der Waals surface area contributed by atoms with Gasteiger partial charge in [-0.05, 0) is 16.4 Å². The first-order valence-corrected chi connectivity index (χ1v) is 7.39. The highest BCUT2D eigenvalue weighted by atomic mass is 32.2. The third-order valence-corrected chi connectivity index (χ3v) is 5.34. The van der Waals surface area contributed by atoms with Crippen LogP contribution in [0.3, 0.4) is 0 Å². The van der Waals surface area contributed by atoms with Crippen LogP contribution in [0.1, 0.15) is 41.5 Å². The lowest BCUT2D eigenvalue weighted by Crippen LogP contribution is -2.51. The van der Waals surface area contributed by atoms with Gasteiger partial charge in [-0.3, -0.25) is 4.21 Å². The molecule has 0 saturated heterocycles. The minimum atomic E-state index is -0.940. The van der Waals surface area contributed by atoms with E-state index in [1.807, 2.05) is 5.41 Å². The zero-order valence-electron chi connectivity index (χ0n) is 11.6. The molecule has 0 spiro atoms. The summed E-state index contributed by atoms with van der Waals surface area (Å²) in [6, 6.07) is 0. The van der Waals surface area contributed by atoms with Gasteiger partial charge in [-0.15, -0.1) is 0 Å². The topological polar surface area (TPSA) is 41.8 Å². The summed E-state index contributed by atoms with van der Waals surface area (Å²) in [7, 11) is -0.940. The Balaban J connectivity index is 2.63. The number of hydrogen-bond donors (Lipinski definition) is 0. The van der Waals surface area contributed by atoms with Gasteiger partial charge in [0, 0.05) is 5.41 Å². The Morgan fingerprint density at radius 1 is 1.29 bits per heavy atom. The molecule has 17 heavy (non-hydrogen) atoms. The fourth-order valence-corrected chi connectivity index (χ4v) is 4.97. The van der Waals surface area contributed by atoms with Crippen molar-refractivity contribution in [3.05, 3.63) is 11.0 Å². The Hall–Kier alpha value is -0.510. The summed E-state index contributed by atoms with van der Waals surface area (Å²) >= 11 is 0. The molecule has 0 aliphatic carbocycles. The number of rotatable bonds is 0. The molecule has 3 nitrogen and oxygen atoms in total. The monoisotopic (exact) mass is 254 g/mol. The largest absolute Gasteiger partial charge is 0.254 e. The molecule has 0 saturated carbocycles. The van der Waals surface area contributed by atoms with Crippen molar-refractivity contribution in [2.75, 3.05) is 6.54 Å². The highest BCUT2D eigenvalue weighted by Gasteiger charge is 2.61. The van der Waals surface area contributed by atoms with Gasteiger partial charge < -0.3 is 0 Å². The van der Waals surface area contributed by atoms with Gasteiger partial charge in [-0.2, -0.15) is 10.2 Å². The molecule has 4 heteroatoms. The Morgan fingerprint density at radius 3 is 2.35 bits per heavy atom. The molecule has 3 atom stereocenters. The van der Waals surface area contributed by atoms with Crippen LogP contribution in [-0.2, 0) is 10.8 Å². The van der Waals surface area contributed by atoms with E-state index in [0.717, 1.165) is 0 Å². The predicted molar refractivity (Wildman–Crippen MR) is 71.4 cm³/mol. The average molecular weight is 254 g/mol. The van der Waals surface area contributed by atoms with E-state index < -0.39 is 10.8 Å². The Bertz CT molecular complexity index is 426. The smallest absolute Gasteiger partial charge is 0.125 e. The van der Waals surface area contributed by atoms with Crippen molar-refractivity contribution in [1.82, 2.24) is 0 Å². The number of nitrogens with zero attached hydrogens (tertiary/aromatic N) is 2. The Morgan fingerprint density at radius 2 is 1.88 bits per heavy atom. The molecule has 0 fully saturated rings. The molecule has 0 amide bonds. The summed E-state index contributed by atoms with van der Waals surface area (Å²) in [5, 5.41) is 10.8. The minimum Gasteiger partial charge on any atom is -0.254 e. The van der Waals surface area contributed by atoms with Gasteiger partial charge in [0.1, 0.15) is 5.54 Å². The number of azo groups is 1. The maximum absolute atomic E-state index is 12.3. The second kappa shape index (κ2) is 3.50. The standard InChI is InChI=1S/C13H22N2OS/c1-11(2,3)9-8-17(16)10-7-14-15-13(9,10)12(4,5)6/h8,10H,7H2,1-6H3. The minimum absolute atomic E-state index is 0.0128. The van der Waals surface area contributed by atoms with Crippen LogP contribution in [0.4, 0.5) is 0 Å². The first kappa shape index (κ1) is 12.9. The van der Waals surface area contributed by atoms with Gasteiger partial charge in [0.25, 0.3) is 0 Å². The first-order valence-electron chi connectivity index (χ1n) is 6.11. The van der Waals surface area contributed by atoms with E-state index in [-0.39, 0.29) is 21.6 Å². The van der Waals surface area contributed by atoms with E-state index in [2.05, 4.69) is 51.8 Å². The maximum Gasteiger partial charge on any atom is 0.125 e. The van der Waals surface area contributed by atoms with Crippen LogP contribution < -0.4 is 0 Å². The maximum atomic E-state index is 12.3.